The first-order valence-corrected chi connectivity index (χ1v) is 4.71. The van der Waals surface area contributed by atoms with Crippen molar-refractivity contribution in [3.05, 3.63) is 0 Å². The normalized spacial score (nSPS) is 23.4. The molecule has 0 bridgehead atoms. The number of nitrogens with one attached hydrogen (secondary N) is 1. The van der Waals surface area contributed by atoms with Gasteiger partial charge in [0.1, 0.15) is 0 Å². The molecule has 76 valence electrons. The van der Waals surface area contributed by atoms with Gasteiger partial charge in [0.2, 0.25) is 5.91 Å². The summed E-state index contributed by atoms with van der Waals surface area (Å²) in [5.41, 5.74) is 0. The Labute approximate surface area is 79.2 Å². The first-order valence-electron chi connectivity index (χ1n) is 4.71. The third-order valence-corrected chi connectivity index (χ3v) is 2.48. The summed E-state index contributed by atoms with van der Waals surface area (Å²) < 4.78 is 5.10. The van der Waals surface area contributed by atoms with Crippen molar-refractivity contribution in [1.82, 2.24) is 10.2 Å². The minimum absolute atomic E-state index is 0.0861. The number of amides is 1. The molecular formula is C9H18N2O2. The molecule has 0 saturated carbocycles. The third kappa shape index (κ3) is 2.97. The predicted molar refractivity (Wildman–Crippen MR) is 50.5 cm³/mol. The maximum atomic E-state index is 11.1. The molecule has 1 fully saturated rings. The molecule has 1 atom stereocenters. The Hall–Kier alpha value is -0.610. The summed E-state index contributed by atoms with van der Waals surface area (Å²) in [6.07, 6.45) is 2.32. The number of likely N-dealkylation sites (N-methyl/N-ethyl adjacent to an activating group) is 1. The average molecular weight is 186 g/mol. The second-order valence-corrected chi connectivity index (χ2v) is 3.40. The number of carbonyl (C=O) groups excluding carboxylic acids is 1. The van der Waals surface area contributed by atoms with Crippen LogP contribution in [0, 0.1) is 0 Å². The molecule has 13 heavy (non-hydrogen) atoms. The van der Waals surface area contributed by atoms with Gasteiger partial charge in [0, 0.05) is 20.2 Å². The lowest BCUT2D eigenvalue weighted by Crippen LogP contribution is -2.40. The molecule has 0 aliphatic carbocycles. The van der Waals surface area contributed by atoms with Crippen LogP contribution in [0.25, 0.3) is 0 Å². The van der Waals surface area contributed by atoms with E-state index >= 15 is 0 Å². The standard InChI is InChI=1S/C9H18N2O2/c1-10-9(12)6-11-5-3-4-8(11)7-13-2/h8H,3-7H2,1-2H3,(H,10,12)/t8-/m0/s1. The highest BCUT2D eigenvalue weighted by molar-refractivity contribution is 5.77. The van der Waals surface area contributed by atoms with E-state index < -0.39 is 0 Å². The molecule has 0 aromatic carbocycles. The predicted octanol–water partition coefficient (Wildman–Crippen LogP) is -0.157. The van der Waals surface area contributed by atoms with E-state index in [0.29, 0.717) is 12.6 Å². The Kier molecular flexibility index (Phi) is 4.18. The fourth-order valence-corrected chi connectivity index (χ4v) is 1.75. The largest absolute Gasteiger partial charge is 0.383 e. The van der Waals surface area contributed by atoms with Crippen molar-refractivity contribution < 1.29 is 9.53 Å². The molecule has 1 amide bonds. The van der Waals surface area contributed by atoms with Gasteiger partial charge in [0.05, 0.1) is 13.2 Å². The molecule has 0 spiro atoms. The van der Waals surface area contributed by atoms with E-state index in [9.17, 15) is 4.79 Å². The highest BCUT2D eigenvalue weighted by Crippen LogP contribution is 2.16. The van der Waals surface area contributed by atoms with Crippen molar-refractivity contribution in [3.8, 4) is 0 Å². The lowest BCUT2D eigenvalue weighted by molar-refractivity contribution is -0.122. The van der Waals surface area contributed by atoms with Gasteiger partial charge in [-0.2, -0.15) is 0 Å². The van der Waals surface area contributed by atoms with E-state index in [1.165, 1.54) is 6.42 Å². The van der Waals surface area contributed by atoms with Gasteiger partial charge in [-0.25, -0.2) is 0 Å². The molecule has 1 N–H and O–H groups in total. The number of nitrogens with zero attached hydrogens (tertiary/aromatic N) is 1. The molecule has 4 nitrogen and oxygen atoms in total. The van der Waals surface area contributed by atoms with Gasteiger partial charge in [-0.3, -0.25) is 9.69 Å². The van der Waals surface area contributed by atoms with Gasteiger partial charge in [0.15, 0.2) is 0 Å². The fraction of sp³-hybridized carbons (Fsp3) is 0.889. The van der Waals surface area contributed by atoms with Crippen molar-refractivity contribution in [2.24, 2.45) is 0 Å². The summed E-state index contributed by atoms with van der Waals surface area (Å²) in [5.74, 6) is 0.0861. The topological polar surface area (TPSA) is 41.6 Å². The average Bonchev–Trinajstić information content (AvgIpc) is 2.54. The number of methoxy groups -OCH3 is 1. The van der Waals surface area contributed by atoms with Crippen LogP contribution in [0.2, 0.25) is 0 Å². The van der Waals surface area contributed by atoms with Crippen molar-refractivity contribution in [3.63, 3.8) is 0 Å². The van der Waals surface area contributed by atoms with Crippen LogP contribution in [0.3, 0.4) is 0 Å². The monoisotopic (exact) mass is 186 g/mol. The van der Waals surface area contributed by atoms with E-state index in [-0.39, 0.29) is 5.91 Å². The highest BCUT2D eigenvalue weighted by Gasteiger charge is 2.25. The smallest absolute Gasteiger partial charge is 0.233 e. The zero-order valence-corrected chi connectivity index (χ0v) is 8.38. The maximum absolute atomic E-state index is 11.1. The Balaban J connectivity index is 2.34. The highest BCUT2D eigenvalue weighted by atomic mass is 16.5. The Morgan fingerprint density at radius 3 is 3.08 bits per heavy atom. The summed E-state index contributed by atoms with van der Waals surface area (Å²) in [5, 5.41) is 2.63. The Morgan fingerprint density at radius 1 is 1.69 bits per heavy atom. The van der Waals surface area contributed by atoms with Gasteiger partial charge in [-0.05, 0) is 19.4 Å². The quantitative estimate of drug-likeness (QED) is 0.663. The van der Waals surface area contributed by atoms with Crippen molar-refractivity contribution in [1.29, 1.82) is 0 Å². The van der Waals surface area contributed by atoms with Crippen LogP contribution in [0.4, 0.5) is 0 Å². The van der Waals surface area contributed by atoms with Crippen molar-refractivity contribution in [2.45, 2.75) is 18.9 Å². The van der Waals surface area contributed by atoms with Crippen molar-refractivity contribution >= 4 is 5.91 Å². The minimum Gasteiger partial charge on any atom is -0.383 e. The van der Waals surface area contributed by atoms with Crippen LogP contribution in [0.15, 0.2) is 0 Å². The Morgan fingerprint density at radius 2 is 2.46 bits per heavy atom. The van der Waals surface area contributed by atoms with Crippen LogP contribution in [-0.4, -0.2) is 50.7 Å². The lowest BCUT2D eigenvalue weighted by Gasteiger charge is -2.22. The molecule has 1 rings (SSSR count). The second-order valence-electron chi connectivity index (χ2n) is 3.40. The lowest BCUT2D eigenvalue weighted by atomic mass is 10.2. The van der Waals surface area contributed by atoms with Crippen molar-refractivity contribution in [2.75, 3.05) is 33.9 Å². The van der Waals surface area contributed by atoms with Gasteiger partial charge >= 0.3 is 0 Å². The minimum atomic E-state index is 0.0861. The molecular weight excluding hydrogens is 168 g/mol. The summed E-state index contributed by atoms with van der Waals surface area (Å²) in [4.78, 5) is 13.3. The first-order chi connectivity index (χ1) is 6.27. The Bertz CT molecular complexity index is 173. The molecule has 0 aromatic heterocycles. The van der Waals surface area contributed by atoms with Crippen LogP contribution in [-0.2, 0) is 9.53 Å². The van der Waals surface area contributed by atoms with Gasteiger partial charge in [0.25, 0.3) is 0 Å². The number of hydrogen-bond acceptors (Lipinski definition) is 3. The van der Waals surface area contributed by atoms with Gasteiger partial charge in [-0.15, -0.1) is 0 Å². The summed E-state index contributed by atoms with van der Waals surface area (Å²) in [6, 6.07) is 0.433. The molecule has 1 aliphatic rings. The van der Waals surface area contributed by atoms with E-state index in [1.54, 1.807) is 14.2 Å². The molecule has 0 aromatic rings. The molecule has 0 unspecified atom stereocenters. The van der Waals surface area contributed by atoms with Gasteiger partial charge in [-0.1, -0.05) is 0 Å². The van der Waals surface area contributed by atoms with Crippen LogP contribution < -0.4 is 5.32 Å². The van der Waals surface area contributed by atoms with Crippen LogP contribution in [0.5, 0.6) is 0 Å². The number of carbonyl (C=O) groups is 1. The van der Waals surface area contributed by atoms with E-state index in [0.717, 1.165) is 19.6 Å². The molecule has 1 aliphatic heterocycles. The fourth-order valence-electron chi connectivity index (χ4n) is 1.75. The number of rotatable bonds is 4. The third-order valence-electron chi connectivity index (χ3n) is 2.48. The molecule has 4 heteroatoms. The zero-order valence-electron chi connectivity index (χ0n) is 8.38. The van der Waals surface area contributed by atoms with Crippen LogP contribution in [0.1, 0.15) is 12.8 Å². The first kappa shape index (κ1) is 10.5. The SMILES string of the molecule is CNC(=O)CN1CCC[C@H]1COC. The number of hydrogen-bond donors (Lipinski definition) is 1. The second kappa shape index (κ2) is 5.19. The summed E-state index contributed by atoms with van der Waals surface area (Å²) in [6.45, 7) is 2.25. The maximum Gasteiger partial charge on any atom is 0.233 e. The van der Waals surface area contributed by atoms with E-state index in [1.807, 2.05) is 0 Å². The summed E-state index contributed by atoms with van der Waals surface area (Å²) in [7, 11) is 3.38. The molecule has 1 saturated heterocycles. The van der Waals surface area contributed by atoms with E-state index in [2.05, 4.69) is 10.2 Å². The van der Waals surface area contributed by atoms with Crippen LogP contribution >= 0.6 is 0 Å². The van der Waals surface area contributed by atoms with E-state index in [4.69, 9.17) is 4.74 Å². The molecule has 1 heterocycles. The number of ether oxygens (including phenoxy) is 1. The number of likely N-dealkylation sites (tertiary alicyclic amines) is 1. The summed E-state index contributed by atoms with van der Waals surface area (Å²) >= 11 is 0. The zero-order chi connectivity index (χ0) is 9.68. The van der Waals surface area contributed by atoms with Gasteiger partial charge < -0.3 is 10.1 Å². The molecule has 0 radical (unpaired) electrons.